The molecule has 2 rings (SSSR count). The molecule has 0 aromatic heterocycles. The molecule has 0 saturated heterocycles. The molecule has 5 heteroatoms. The molecule has 0 fully saturated rings. The molecule has 96 valence electrons. The van der Waals surface area contributed by atoms with Gasteiger partial charge in [0.05, 0.1) is 6.54 Å². The summed E-state index contributed by atoms with van der Waals surface area (Å²) in [4.78, 5) is 25.0. The van der Waals surface area contributed by atoms with E-state index in [1.807, 2.05) is 24.3 Å². The van der Waals surface area contributed by atoms with Gasteiger partial charge in [0, 0.05) is 25.2 Å². The number of amides is 2. The SMILES string of the molecule is NCCC(=O)NCC(=O)N1CCc2ccccc21. The third-order valence-corrected chi connectivity index (χ3v) is 3.00. The molecule has 0 atom stereocenters. The molecule has 1 aromatic rings. The van der Waals surface area contributed by atoms with Crippen LogP contribution < -0.4 is 16.0 Å². The molecule has 1 heterocycles. The maximum absolute atomic E-state index is 12.0. The van der Waals surface area contributed by atoms with E-state index in [1.54, 1.807) is 4.90 Å². The molecule has 0 unspecified atom stereocenters. The van der Waals surface area contributed by atoms with E-state index in [2.05, 4.69) is 5.32 Å². The Morgan fingerprint density at radius 3 is 2.89 bits per heavy atom. The summed E-state index contributed by atoms with van der Waals surface area (Å²) in [5.41, 5.74) is 7.40. The summed E-state index contributed by atoms with van der Waals surface area (Å²) in [7, 11) is 0. The molecule has 0 saturated carbocycles. The van der Waals surface area contributed by atoms with Crippen LogP contribution >= 0.6 is 0 Å². The van der Waals surface area contributed by atoms with Crippen LogP contribution in [0.15, 0.2) is 24.3 Å². The lowest BCUT2D eigenvalue weighted by Crippen LogP contribution is -2.39. The average Bonchev–Trinajstić information content (AvgIpc) is 2.80. The van der Waals surface area contributed by atoms with Gasteiger partial charge in [0.25, 0.3) is 0 Å². The Hall–Kier alpha value is -1.88. The standard InChI is InChI=1S/C13H17N3O2/c14-7-5-12(17)15-9-13(18)16-8-6-10-3-1-2-4-11(10)16/h1-4H,5-9,14H2,(H,15,17). The molecule has 3 N–H and O–H groups in total. The van der Waals surface area contributed by atoms with E-state index in [0.29, 0.717) is 13.1 Å². The van der Waals surface area contributed by atoms with Crippen LogP contribution in [0.1, 0.15) is 12.0 Å². The Morgan fingerprint density at radius 2 is 2.11 bits per heavy atom. The second-order valence-corrected chi connectivity index (χ2v) is 4.24. The first-order valence-corrected chi connectivity index (χ1v) is 6.07. The number of anilines is 1. The number of fused-ring (bicyclic) bond motifs is 1. The number of hydrogen-bond donors (Lipinski definition) is 2. The maximum atomic E-state index is 12.0. The largest absolute Gasteiger partial charge is 0.347 e. The normalized spacial score (nSPS) is 13.3. The zero-order chi connectivity index (χ0) is 13.0. The number of nitrogens with one attached hydrogen (secondary N) is 1. The average molecular weight is 247 g/mol. The van der Waals surface area contributed by atoms with Gasteiger partial charge in [-0.15, -0.1) is 0 Å². The van der Waals surface area contributed by atoms with Crippen molar-refractivity contribution in [3.63, 3.8) is 0 Å². The van der Waals surface area contributed by atoms with Crippen molar-refractivity contribution in [3.05, 3.63) is 29.8 Å². The summed E-state index contributed by atoms with van der Waals surface area (Å²) >= 11 is 0. The van der Waals surface area contributed by atoms with Crippen molar-refractivity contribution in [2.75, 3.05) is 24.5 Å². The lowest BCUT2D eigenvalue weighted by molar-refractivity contribution is -0.124. The van der Waals surface area contributed by atoms with Crippen LogP contribution in [0.3, 0.4) is 0 Å². The zero-order valence-corrected chi connectivity index (χ0v) is 10.2. The van der Waals surface area contributed by atoms with Crippen molar-refractivity contribution in [1.29, 1.82) is 0 Å². The molecule has 1 aliphatic heterocycles. The molecule has 0 radical (unpaired) electrons. The van der Waals surface area contributed by atoms with Crippen LogP contribution in [0.25, 0.3) is 0 Å². The summed E-state index contributed by atoms with van der Waals surface area (Å²) in [6.07, 6.45) is 1.13. The van der Waals surface area contributed by atoms with Gasteiger partial charge >= 0.3 is 0 Å². The summed E-state index contributed by atoms with van der Waals surface area (Å²) in [6, 6.07) is 7.84. The minimum Gasteiger partial charge on any atom is -0.347 e. The fourth-order valence-electron chi connectivity index (χ4n) is 2.09. The molecule has 0 spiro atoms. The first-order chi connectivity index (χ1) is 8.72. The van der Waals surface area contributed by atoms with Gasteiger partial charge in [-0.25, -0.2) is 0 Å². The monoisotopic (exact) mass is 247 g/mol. The van der Waals surface area contributed by atoms with Gasteiger partial charge in [0.2, 0.25) is 11.8 Å². The Labute approximate surface area is 106 Å². The van der Waals surface area contributed by atoms with Crippen molar-refractivity contribution in [1.82, 2.24) is 5.32 Å². The quantitative estimate of drug-likeness (QED) is 0.789. The molecule has 0 bridgehead atoms. The molecule has 5 nitrogen and oxygen atoms in total. The summed E-state index contributed by atoms with van der Waals surface area (Å²) in [5.74, 6) is -0.261. The van der Waals surface area contributed by atoms with E-state index in [-0.39, 0.29) is 24.8 Å². The molecule has 18 heavy (non-hydrogen) atoms. The van der Waals surface area contributed by atoms with Crippen molar-refractivity contribution in [2.45, 2.75) is 12.8 Å². The predicted octanol–water partition coefficient (Wildman–Crippen LogP) is 0.0407. The highest BCUT2D eigenvalue weighted by molar-refractivity contribution is 5.98. The number of benzene rings is 1. The van der Waals surface area contributed by atoms with E-state index in [0.717, 1.165) is 12.1 Å². The van der Waals surface area contributed by atoms with Crippen LogP contribution in [0.4, 0.5) is 5.69 Å². The number of para-hydroxylation sites is 1. The fourth-order valence-corrected chi connectivity index (χ4v) is 2.09. The molecule has 1 aliphatic rings. The Balaban J connectivity index is 1.93. The smallest absolute Gasteiger partial charge is 0.246 e. The van der Waals surface area contributed by atoms with Gasteiger partial charge in [-0.3, -0.25) is 9.59 Å². The van der Waals surface area contributed by atoms with E-state index in [4.69, 9.17) is 5.73 Å². The minimum atomic E-state index is -0.182. The lowest BCUT2D eigenvalue weighted by atomic mass is 10.2. The first-order valence-electron chi connectivity index (χ1n) is 6.07. The first kappa shape index (κ1) is 12.6. The van der Waals surface area contributed by atoms with Crippen molar-refractivity contribution in [2.24, 2.45) is 5.73 Å². The second-order valence-electron chi connectivity index (χ2n) is 4.24. The molecule has 1 aromatic carbocycles. The summed E-state index contributed by atoms with van der Waals surface area (Å²) in [6.45, 7) is 1.02. The minimum absolute atomic E-state index is 0.0349. The Morgan fingerprint density at radius 1 is 1.33 bits per heavy atom. The number of nitrogens with two attached hydrogens (primary N) is 1. The van der Waals surface area contributed by atoms with E-state index >= 15 is 0 Å². The van der Waals surface area contributed by atoms with Crippen LogP contribution in [0.5, 0.6) is 0 Å². The molecular formula is C13H17N3O2. The summed E-state index contributed by atoms with van der Waals surface area (Å²) < 4.78 is 0. The van der Waals surface area contributed by atoms with Gasteiger partial charge in [0.15, 0.2) is 0 Å². The lowest BCUT2D eigenvalue weighted by Gasteiger charge is -2.17. The topological polar surface area (TPSA) is 75.4 Å². The number of hydrogen-bond acceptors (Lipinski definition) is 3. The van der Waals surface area contributed by atoms with Gasteiger partial charge < -0.3 is 16.0 Å². The highest BCUT2D eigenvalue weighted by atomic mass is 16.2. The van der Waals surface area contributed by atoms with E-state index in [1.165, 1.54) is 5.56 Å². The number of carbonyl (C=O) groups excluding carboxylic acids is 2. The maximum Gasteiger partial charge on any atom is 0.246 e. The Kier molecular flexibility index (Phi) is 3.94. The number of carbonyl (C=O) groups is 2. The van der Waals surface area contributed by atoms with E-state index in [9.17, 15) is 9.59 Å². The zero-order valence-electron chi connectivity index (χ0n) is 10.2. The fraction of sp³-hybridized carbons (Fsp3) is 0.385. The van der Waals surface area contributed by atoms with Gasteiger partial charge in [-0.1, -0.05) is 18.2 Å². The van der Waals surface area contributed by atoms with E-state index < -0.39 is 0 Å². The van der Waals surface area contributed by atoms with Crippen molar-refractivity contribution in [3.8, 4) is 0 Å². The van der Waals surface area contributed by atoms with Crippen LogP contribution in [0, 0.1) is 0 Å². The van der Waals surface area contributed by atoms with Gasteiger partial charge in [-0.2, -0.15) is 0 Å². The van der Waals surface area contributed by atoms with Crippen LogP contribution in [-0.4, -0.2) is 31.4 Å². The van der Waals surface area contributed by atoms with Crippen LogP contribution in [-0.2, 0) is 16.0 Å². The molecule has 2 amide bonds. The third-order valence-electron chi connectivity index (χ3n) is 3.00. The van der Waals surface area contributed by atoms with Gasteiger partial charge in [0.1, 0.15) is 0 Å². The highest BCUT2D eigenvalue weighted by Gasteiger charge is 2.23. The molecule has 0 aliphatic carbocycles. The highest BCUT2D eigenvalue weighted by Crippen LogP contribution is 2.27. The Bertz CT molecular complexity index is 459. The predicted molar refractivity (Wildman–Crippen MR) is 69.2 cm³/mol. The van der Waals surface area contributed by atoms with Crippen molar-refractivity contribution < 1.29 is 9.59 Å². The second kappa shape index (κ2) is 5.64. The number of rotatable bonds is 4. The summed E-state index contributed by atoms with van der Waals surface area (Å²) in [5, 5.41) is 2.58. The molecular weight excluding hydrogens is 230 g/mol. The third kappa shape index (κ3) is 2.68. The van der Waals surface area contributed by atoms with Gasteiger partial charge in [-0.05, 0) is 18.1 Å². The van der Waals surface area contributed by atoms with Crippen LogP contribution in [0.2, 0.25) is 0 Å². The number of nitrogens with zero attached hydrogens (tertiary/aromatic N) is 1. The van der Waals surface area contributed by atoms with Crippen molar-refractivity contribution >= 4 is 17.5 Å².